The fraction of sp³-hybridized carbons (Fsp3) is 0.600. The van der Waals surface area contributed by atoms with Crippen molar-refractivity contribution in [1.29, 1.82) is 0 Å². The molecular weight excluding hydrogens is 178 g/mol. The highest BCUT2D eigenvalue weighted by atomic mass is 16.1. The molecule has 76 valence electrons. The number of aryl methyl sites for hydroxylation is 1. The Morgan fingerprint density at radius 1 is 1.71 bits per heavy atom. The van der Waals surface area contributed by atoms with Crippen LogP contribution in [0.3, 0.4) is 0 Å². The van der Waals surface area contributed by atoms with E-state index >= 15 is 0 Å². The van der Waals surface area contributed by atoms with Crippen LogP contribution in [0, 0.1) is 5.92 Å². The molecular formula is C10H15N3O. The third-order valence-electron chi connectivity index (χ3n) is 2.90. The number of aromatic nitrogens is 2. The topological polar surface area (TPSA) is 46.9 Å². The quantitative estimate of drug-likeness (QED) is 0.700. The van der Waals surface area contributed by atoms with E-state index in [0.717, 1.165) is 13.0 Å². The molecule has 0 amide bonds. The number of Topliss-reactive ketones (excluding diaryl/α,β-unsaturated/α-hetero) is 1. The van der Waals surface area contributed by atoms with Crippen molar-refractivity contribution < 1.29 is 4.79 Å². The Balaban J connectivity index is 2.20. The fourth-order valence-corrected chi connectivity index (χ4v) is 1.99. The molecule has 4 nitrogen and oxygen atoms in total. The summed E-state index contributed by atoms with van der Waals surface area (Å²) < 4.78 is 1.79. The molecule has 2 rings (SSSR count). The van der Waals surface area contributed by atoms with Gasteiger partial charge in [-0.3, -0.25) is 4.79 Å². The Morgan fingerprint density at radius 2 is 2.50 bits per heavy atom. The van der Waals surface area contributed by atoms with E-state index in [0.29, 0.717) is 5.82 Å². The fourth-order valence-electron chi connectivity index (χ4n) is 1.99. The lowest BCUT2D eigenvalue weighted by molar-refractivity contribution is 0.0900. The molecule has 1 saturated heterocycles. The summed E-state index contributed by atoms with van der Waals surface area (Å²) >= 11 is 0. The Hall–Kier alpha value is -1.16. The molecule has 0 aliphatic carbocycles. The van der Waals surface area contributed by atoms with Gasteiger partial charge in [-0.15, -0.1) is 0 Å². The molecule has 2 atom stereocenters. The highest BCUT2D eigenvalue weighted by Crippen LogP contribution is 2.19. The molecule has 2 heterocycles. The summed E-state index contributed by atoms with van der Waals surface area (Å²) in [5.74, 6) is 0.830. The van der Waals surface area contributed by atoms with E-state index in [1.165, 1.54) is 0 Å². The van der Waals surface area contributed by atoms with Gasteiger partial charge in [0.1, 0.15) is 0 Å². The van der Waals surface area contributed by atoms with E-state index in [1.807, 2.05) is 7.05 Å². The van der Waals surface area contributed by atoms with Crippen LogP contribution in [0.2, 0.25) is 0 Å². The molecule has 1 fully saturated rings. The monoisotopic (exact) mass is 193 g/mol. The standard InChI is InChI=1S/C10H15N3O/c1-7-8(3-4-11-7)9(14)10-12-5-6-13(10)2/h5-8,11H,3-4H2,1-2H3. The largest absolute Gasteiger partial charge is 0.332 e. The van der Waals surface area contributed by atoms with Crippen molar-refractivity contribution in [2.45, 2.75) is 19.4 Å². The molecule has 1 aromatic rings. The summed E-state index contributed by atoms with van der Waals surface area (Å²) in [5.41, 5.74) is 0. The number of nitrogens with one attached hydrogen (secondary N) is 1. The van der Waals surface area contributed by atoms with E-state index in [-0.39, 0.29) is 17.7 Å². The third kappa shape index (κ3) is 1.46. The highest BCUT2D eigenvalue weighted by Gasteiger charge is 2.31. The molecule has 0 radical (unpaired) electrons. The summed E-state index contributed by atoms with van der Waals surface area (Å²) in [6.07, 6.45) is 4.40. The van der Waals surface area contributed by atoms with Crippen molar-refractivity contribution in [3.63, 3.8) is 0 Å². The minimum absolute atomic E-state index is 0.0936. The van der Waals surface area contributed by atoms with E-state index in [9.17, 15) is 4.79 Å². The number of imidazole rings is 1. The van der Waals surface area contributed by atoms with E-state index in [1.54, 1.807) is 17.0 Å². The van der Waals surface area contributed by atoms with Crippen molar-refractivity contribution >= 4 is 5.78 Å². The Bertz CT molecular complexity index is 345. The van der Waals surface area contributed by atoms with Crippen molar-refractivity contribution in [3.05, 3.63) is 18.2 Å². The summed E-state index contributed by atoms with van der Waals surface area (Å²) in [4.78, 5) is 16.1. The van der Waals surface area contributed by atoms with Gasteiger partial charge in [-0.25, -0.2) is 4.98 Å². The maximum absolute atomic E-state index is 12.0. The summed E-state index contributed by atoms with van der Waals surface area (Å²) in [6, 6.07) is 0.277. The molecule has 1 aromatic heterocycles. The molecule has 14 heavy (non-hydrogen) atoms. The zero-order chi connectivity index (χ0) is 10.1. The summed E-state index contributed by atoms with van der Waals surface area (Å²) in [6.45, 7) is 2.99. The SMILES string of the molecule is CC1NCCC1C(=O)c1nccn1C. The van der Waals surface area contributed by atoms with Gasteiger partial charge < -0.3 is 9.88 Å². The van der Waals surface area contributed by atoms with Crippen LogP contribution in [0.4, 0.5) is 0 Å². The van der Waals surface area contributed by atoms with Crippen molar-refractivity contribution in [2.75, 3.05) is 6.54 Å². The zero-order valence-electron chi connectivity index (χ0n) is 8.53. The van der Waals surface area contributed by atoms with Crippen molar-refractivity contribution in [3.8, 4) is 0 Å². The third-order valence-corrected chi connectivity index (χ3v) is 2.90. The van der Waals surface area contributed by atoms with Crippen LogP contribution >= 0.6 is 0 Å². The van der Waals surface area contributed by atoms with Crippen LogP contribution in [0.1, 0.15) is 24.0 Å². The lowest BCUT2D eigenvalue weighted by Gasteiger charge is -2.12. The van der Waals surface area contributed by atoms with Crippen LogP contribution in [0.5, 0.6) is 0 Å². The van der Waals surface area contributed by atoms with Gasteiger partial charge in [0.2, 0.25) is 5.78 Å². The van der Waals surface area contributed by atoms with E-state index in [2.05, 4.69) is 17.2 Å². The number of rotatable bonds is 2. The van der Waals surface area contributed by atoms with Crippen LogP contribution in [0.15, 0.2) is 12.4 Å². The molecule has 1 aliphatic heterocycles. The van der Waals surface area contributed by atoms with Crippen LogP contribution < -0.4 is 5.32 Å². The molecule has 4 heteroatoms. The Labute approximate surface area is 83.3 Å². The van der Waals surface area contributed by atoms with Gasteiger partial charge in [0.15, 0.2) is 5.82 Å². The molecule has 0 aromatic carbocycles. The minimum Gasteiger partial charge on any atom is -0.332 e. The van der Waals surface area contributed by atoms with Gasteiger partial charge in [-0.05, 0) is 19.9 Å². The number of hydrogen-bond donors (Lipinski definition) is 1. The van der Waals surface area contributed by atoms with Gasteiger partial charge in [-0.2, -0.15) is 0 Å². The van der Waals surface area contributed by atoms with E-state index in [4.69, 9.17) is 0 Å². The lowest BCUT2D eigenvalue weighted by atomic mass is 9.96. The smallest absolute Gasteiger partial charge is 0.202 e. The average molecular weight is 193 g/mol. The first-order valence-corrected chi connectivity index (χ1v) is 4.95. The number of carbonyl (C=O) groups is 1. The maximum Gasteiger partial charge on any atom is 0.202 e. The molecule has 0 bridgehead atoms. The molecule has 2 unspecified atom stereocenters. The second kappa shape index (κ2) is 3.53. The molecule has 0 saturated carbocycles. The first kappa shape index (κ1) is 9.40. The van der Waals surface area contributed by atoms with Crippen molar-refractivity contribution in [1.82, 2.24) is 14.9 Å². The number of hydrogen-bond acceptors (Lipinski definition) is 3. The first-order valence-electron chi connectivity index (χ1n) is 4.95. The zero-order valence-corrected chi connectivity index (χ0v) is 8.53. The molecule has 0 spiro atoms. The number of carbonyl (C=O) groups excluding carboxylic acids is 1. The van der Waals surface area contributed by atoms with Crippen LogP contribution in [-0.2, 0) is 7.05 Å². The van der Waals surface area contributed by atoms with Gasteiger partial charge in [0.05, 0.1) is 0 Å². The first-order chi connectivity index (χ1) is 6.70. The normalized spacial score (nSPS) is 26.7. The van der Waals surface area contributed by atoms with Gasteiger partial charge in [0.25, 0.3) is 0 Å². The predicted octanol–water partition coefficient (Wildman–Crippen LogP) is 0.601. The predicted molar refractivity (Wildman–Crippen MR) is 53.1 cm³/mol. The molecule has 1 aliphatic rings. The van der Waals surface area contributed by atoms with Crippen LogP contribution in [0.25, 0.3) is 0 Å². The Kier molecular flexibility index (Phi) is 2.37. The van der Waals surface area contributed by atoms with Crippen LogP contribution in [-0.4, -0.2) is 27.9 Å². The highest BCUT2D eigenvalue weighted by molar-refractivity contribution is 5.95. The van der Waals surface area contributed by atoms with Gasteiger partial charge in [-0.1, -0.05) is 0 Å². The lowest BCUT2D eigenvalue weighted by Crippen LogP contribution is -2.29. The second-order valence-corrected chi connectivity index (χ2v) is 3.86. The average Bonchev–Trinajstić information content (AvgIpc) is 2.73. The summed E-state index contributed by atoms with van der Waals surface area (Å²) in [7, 11) is 1.85. The van der Waals surface area contributed by atoms with Crippen molar-refractivity contribution in [2.24, 2.45) is 13.0 Å². The van der Waals surface area contributed by atoms with Gasteiger partial charge in [0, 0.05) is 31.4 Å². The second-order valence-electron chi connectivity index (χ2n) is 3.86. The number of ketones is 1. The Morgan fingerprint density at radius 3 is 3.00 bits per heavy atom. The number of nitrogens with zero attached hydrogens (tertiary/aromatic N) is 2. The summed E-state index contributed by atoms with van der Waals surface area (Å²) in [5, 5.41) is 3.27. The maximum atomic E-state index is 12.0. The van der Waals surface area contributed by atoms with Gasteiger partial charge >= 0.3 is 0 Å². The minimum atomic E-state index is 0.0936. The molecule has 1 N–H and O–H groups in total. The van der Waals surface area contributed by atoms with E-state index < -0.39 is 0 Å².